The highest BCUT2D eigenvalue weighted by Gasteiger charge is 2.49. The molecule has 0 amide bonds. The molecule has 5 nitrogen and oxygen atoms in total. The third-order valence-corrected chi connectivity index (χ3v) is 9.10. The molecule has 0 spiro atoms. The maximum atomic E-state index is 14.1. The Bertz CT molecular complexity index is 1330. The van der Waals surface area contributed by atoms with E-state index in [2.05, 4.69) is 48.5 Å². The minimum absolute atomic E-state index is 0.137. The van der Waals surface area contributed by atoms with E-state index < -0.39 is 5.92 Å². The SMILES string of the molecule is COCCCN1C2=C(C(=O)CC(C)(C)C2)C(c2ccccc2OCc2ccccc2Br)C2=C1CC(C)(C)CC2=O. The first-order valence-electron chi connectivity index (χ1n) is 14.3. The highest BCUT2D eigenvalue weighted by molar-refractivity contribution is 9.10. The van der Waals surface area contributed by atoms with Crippen LogP contribution in [0.2, 0.25) is 0 Å². The van der Waals surface area contributed by atoms with E-state index in [1.165, 1.54) is 0 Å². The van der Waals surface area contributed by atoms with Crippen molar-refractivity contribution in [3.63, 3.8) is 0 Å². The van der Waals surface area contributed by atoms with Gasteiger partial charge in [-0.2, -0.15) is 0 Å². The maximum Gasteiger partial charge on any atom is 0.162 e. The number of carbonyl (C=O) groups is 2. The first kappa shape index (κ1) is 28.8. The molecule has 0 atom stereocenters. The number of nitrogens with zero attached hydrogens (tertiary/aromatic N) is 1. The fourth-order valence-corrected chi connectivity index (χ4v) is 7.02. The van der Waals surface area contributed by atoms with Gasteiger partial charge in [0, 0.05) is 77.2 Å². The molecule has 40 heavy (non-hydrogen) atoms. The molecular weight excluding hydrogens is 566 g/mol. The molecule has 0 radical (unpaired) electrons. The van der Waals surface area contributed by atoms with Crippen LogP contribution in [0.1, 0.15) is 76.8 Å². The van der Waals surface area contributed by atoms with Gasteiger partial charge in [0.1, 0.15) is 12.4 Å². The fraction of sp³-hybridized carbons (Fsp3) is 0.471. The van der Waals surface area contributed by atoms with Gasteiger partial charge in [-0.3, -0.25) is 9.59 Å². The number of ketones is 2. The van der Waals surface area contributed by atoms with Gasteiger partial charge in [0.25, 0.3) is 0 Å². The lowest BCUT2D eigenvalue weighted by atomic mass is 9.63. The lowest BCUT2D eigenvalue weighted by molar-refractivity contribution is -0.119. The number of para-hydroxylation sites is 1. The number of ether oxygens (including phenoxy) is 2. The molecule has 6 heteroatoms. The van der Waals surface area contributed by atoms with E-state index >= 15 is 0 Å². The summed E-state index contributed by atoms with van der Waals surface area (Å²) in [5.74, 6) is 0.562. The fourth-order valence-electron chi connectivity index (χ4n) is 6.62. The second kappa shape index (κ2) is 11.3. The Kier molecular flexibility index (Phi) is 8.13. The van der Waals surface area contributed by atoms with Crippen molar-refractivity contribution >= 4 is 27.5 Å². The Morgan fingerprint density at radius 3 is 2.02 bits per heavy atom. The molecule has 0 saturated carbocycles. The number of Topliss-reactive ketones (excluding diaryl/α,β-unsaturated/α-hetero) is 2. The van der Waals surface area contributed by atoms with Gasteiger partial charge in [0.05, 0.1) is 0 Å². The first-order valence-corrected chi connectivity index (χ1v) is 15.0. The molecule has 1 heterocycles. The molecule has 5 rings (SSSR count). The highest BCUT2D eigenvalue weighted by atomic mass is 79.9. The Morgan fingerprint density at radius 1 is 0.850 bits per heavy atom. The van der Waals surface area contributed by atoms with Gasteiger partial charge in [-0.05, 0) is 42.2 Å². The van der Waals surface area contributed by atoms with E-state index in [0.29, 0.717) is 31.8 Å². The Labute approximate surface area is 246 Å². The molecule has 2 aliphatic carbocycles. The normalized spacial score (nSPS) is 20.5. The van der Waals surface area contributed by atoms with Crippen LogP contribution < -0.4 is 4.74 Å². The van der Waals surface area contributed by atoms with Crippen LogP contribution in [0.3, 0.4) is 0 Å². The number of allylic oxidation sites excluding steroid dienone is 4. The molecular formula is C34H40BrNO4. The summed E-state index contributed by atoms with van der Waals surface area (Å²) in [6.45, 7) is 10.4. The summed E-state index contributed by atoms with van der Waals surface area (Å²) >= 11 is 3.63. The van der Waals surface area contributed by atoms with E-state index in [1.807, 2.05) is 48.5 Å². The highest BCUT2D eigenvalue weighted by Crippen LogP contribution is 2.55. The van der Waals surface area contributed by atoms with Crippen LogP contribution >= 0.6 is 15.9 Å². The summed E-state index contributed by atoms with van der Waals surface area (Å²) in [7, 11) is 1.72. The summed E-state index contributed by atoms with van der Waals surface area (Å²) in [6.07, 6.45) is 3.35. The van der Waals surface area contributed by atoms with Crippen molar-refractivity contribution in [3.8, 4) is 5.75 Å². The summed E-state index contributed by atoms with van der Waals surface area (Å²) < 4.78 is 12.8. The van der Waals surface area contributed by atoms with Crippen LogP contribution in [-0.4, -0.2) is 36.7 Å². The molecule has 2 aromatic rings. The van der Waals surface area contributed by atoms with Crippen molar-refractivity contribution in [2.75, 3.05) is 20.3 Å². The topological polar surface area (TPSA) is 55.8 Å². The quantitative estimate of drug-likeness (QED) is 0.288. The standard InChI is InChI=1S/C34H40BrNO4/c1-33(2)17-25-31(27(37)19-33)30(23-12-7-9-14-29(23)40-21-22-11-6-8-13-24(22)35)32-26(36(25)15-10-16-39-5)18-34(3,4)20-28(32)38/h6-9,11-14,30H,10,15-21H2,1-5H3. The van der Waals surface area contributed by atoms with Gasteiger partial charge in [-0.1, -0.05) is 80.0 Å². The zero-order valence-corrected chi connectivity index (χ0v) is 25.9. The lowest BCUT2D eigenvalue weighted by Crippen LogP contribution is -2.44. The summed E-state index contributed by atoms with van der Waals surface area (Å²) in [5.41, 5.74) is 5.34. The van der Waals surface area contributed by atoms with Crippen molar-refractivity contribution in [1.82, 2.24) is 4.90 Å². The van der Waals surface area contributed by atoms with E-state index in [9.17, 15) is 9.59 Å². The second-order valence-electron chi connectivity index (χ2n) is 13.0. The van der Waals surface area contributed by atoms with E-state index in [0.717, 1.165) is 63.9 Å². The zero-order valence-electron chi connectivity index (χ0n) is 24.3. The number of carbonyl (C=O) groups excluding carboxylic acids is 2. The molecule has 0 bridgehead atoms. The second-order valence-corrected chi connectivity index (χ2v) is 13.8. The Balaban J connectivity index is 1.67. The zero-order chi connectivity index (χ0) is 28.7. The molecule has 0 saturated heterocycles. The maximum absolute atomic E-state index is 14.1. The predicted octanol–water partition coefficient (Wildman–Crippen LogP) is 7.75. The van der Waals surface area contributed by atoms with Gasteiger partial charge >= 0.3 is 0 Å². The van der Waals surface area contributed by atoms with Gasteiger partial charge in [-0.15, -0.1) is 0 Å². The van der Waals surface area contributed by atoms with E-state index in [1.54, 1.807) is 7.11 Å². The molecule has 0 N–H and O–H groups in total. The average molecular weight is 607 g/mol. The lowest BCUT2D eigenvalue weighted by Gasteiger charge is -2.49. The van der Waals surface area contributed by atoms with Crippen LogP contribution in [0.15, 0.2) is 75.5 Å². The van der Waals surface area contributed by atoms with Crippen LogP contribution in [0.5, 0.6) is 5.75 Å². The van der Waals surface area contributed by atoms with Gasteiger partial charge in [-0.25, -0.2) is 0 Å². The molecule has 1 aliphatic heterocycles. The Morgan fingerprint density at radius 2 is 1.43 bits per heavy atom. The largest absolute Gasteiger partial charge is 0.489 e. The van der Waals surface area contributed by atoms with Gasteiger partial charge in [0.15, 0.2) is 11.6 Å². The molecule has 2 aromatic carbocycles. The van der Waals surface area contributed by atoms with Crippen LogP contribution in [-0.2, 0) is 20.9 Å². The molecule has 0 fully saturated rings. The van der Waals surface area contributed by atoms with Gasteiger partial charge < -0.3 is 14.4 Å². The van der Waals surface area contributed by atoms with Crippen molar-refractivity contribution in [1.29, 1.82) is 0 Å². The van der Waals surface area contributed by atoms with Crippen LogP contribution in [0.25, 0.3) is 0 Å². The monoisotopic (exact) mass is 605 g/mol. The molecule has 0 unspecified atom stereocenters. The number of methoxy groups -OCH3 is 1. The van der Waals surface area contributed by atoms with Crippen LogP contribution in [0, 0.1) is 10.8 Å². The third kappa shape index (κ3) is 5.71. The molecule has 3 aliphatic rings. The summed E-state index contributed by atoms with van der Waals surface area (Å²) in [5, 5.41) is 0. The van der Waals surface area contributed by atoms with Crippen molar-refractivity contribution in [2.45, 2.75) is 72.3 Å². The average Bonchev–Trinajstić information content (AvgIpc) is 2.87. The number of benzene rings is 2. The number of hydrogen-bond donors (Lipinski definition) is 0. The summed E-state index contributed by atoms with van der Waals surface area (Å²) in [6, 6.07) is 16.0. The van der Waals surface area contributed by atoms with E-state index in [-0.39, 0.29) is 22.4 Å². The minimum Gasteiger partial charge on any atom is -0.489 e. The van der Waals surface area contributed by atoms with Gasteiger partial charge in [0.2, 0.25) is 0 Å². The Hall–Kier alpha value is -2.70. The smallest absolute Gasteiger partial charge is 0.162 e. The molecule has 0 aromatic heterocycles. The van der Waals surface area contributed by atoms with Crippen molar-refractivity contribution in [2.24, 2.45) is 10.8 Å². The summed E-state index contributed by atoms with van der Waals surface area (Å²) in [4.78, 5) is 30.4. The first-order chi connectivity index (χ1) is 19.0. The van der Waals surface area contributed by atoms with Crippen molar-refractivity contribution in [3.05, 3.63) is 86.7 Å². The minimum atomic E-state index is -0.425. The van der Waals surface area contributed by atoms with E-state index in [4.69, 9.17) is 9.47 Å². The third-order valence-electron chi connectivity index (χ3n) is 8.32. The van der Waals surface area contributed by atoms with Crippen molar-refractivity contribution < 1.29 is 19.1 Å². The number of rotatable bonds is 8. The predicted molar refractivity (Wildman–Crippen MR) is 161 cm³/mol. The number of hydrogen-bond acceptors (Lipinski definition) is 5. The van der Waals surface area contributed by atoms with Crippen LogP contribution in [0.4, 0.5) is 0 Å². The molecule has 212 valence electrons. The number of halogens is 1.